The van der Waals surface area contributed by atoms with Crippen LogP contribution in [0.15, 0.2) is 27.1 Å². The fourth-order valence-electron chi connectivity index (χ4n) is 1.64. The summed E-state index contributed by atoms with van der Waals surface area (Å²) in [5.41, 5.74) is 0.682. The van der Waals surface area contributed by atoms with Crippen molar-refractivity contribution in [3.8, 4) is 0 Å². The maximum atomic E-state index is 12.5. The Morgan fingerprint density at radius 1 is 1.39 bits per heavy atom. The lowest BCUT2D eigenvalue weighted by Crippen LogP contribution is -2.38. The average Bonchev–Trinajstić information content (AvgIpc) is 2.28. The molecule has 0 heterocycles. The molecule has 0 saturated carbocycles. The topological polar surface area (TPSA) is 20.3 Å². The molecular weight excluding hydrogens is 381 g/mol. The molecule has 0 aromatic heterocycles. The van der Waals surface area contributed by atoms with Crippen molar-refractivity contribution in [2.45, 2.75) is 26.3 Å². The second-order valence-electron chi connectivity index (χ2n) is 4.26. The molecule has 0 saturated heterocycles. The molecule has 100 valence electrons. The lowest BCUT2D eigenvalue weighted by molar-refractivity contribution is 0.0705. The van der Waals surface area contributed by atoms with Gasteiger partial charge in [0.2, 0.25) is 0 Å². The largest absolute Gasteiger partial charge is 0.336 e. The van der Waals surface area contributed by atoms with Crippen LogP contribution in [0.5, 0.6) is 0 Å². The number of amides is 1. The molecule has 0 unspecified atom stereocenters. The van der Waals surface area contributed by atoms with Crippen LogP contribution in [0.1, 0.15) is 30.6 Å². The first-order valence-electron chi connectivity index (χ1n) is 5.79. The van der Waals surface area contributed by atoms with E-state index in [2.05, 4.69) is 31.9 Å². The Morgan fingerprint density at radius 3 is 2.56 bits per heavy atom. The Bertz CT molecular complexity index is 423. The van der Waals surface area contributed by atoms with Gasteiger partial charge in [-0.05, 0) is 54.4 Å². The van der Waals surface area contributed by atoms with E-state index in [0.29, 0.717) is 18.0 Å². The van der Waals surface area contributed by atoms with E-state index in [4.69, 9.17) is 11.6 Å². The van der Waals surface area contributed by atoms with Gasteiger partial charge in [0, 0.05) is 27.4 Å². The molecule has 2 nitrogen and oxygen atoms in total. The first kappa shape index (κ1) is 16.0. The summed E-state index contributed by atoms with van der Waals surface area (Å²) in [6, 6.07) is 5.74. The van der Waals surface area contributed by atoms with Crippen LogP contribution in [0.25, 0.3) is 0 Å². The van der Waals surface area contributed by atoms with Crippen LogP contribution in [0.2, 0.25) is 0 Å². The Kier molecular flexibility index (Phi) is 6.67. The molecule has 0 bridgehead atoms. The number of nitrogens with zero attached hydrogens (tertiary/aromatic N) is 1. The van der Waals surface area contributed by atoms with Gasteiger partial charge in [-0.25, -0.2) is 0 Å². The number of hydrogen-bond donors (Lipinski definition) is 0. The van der Waals surface area contributed by atoms with Crippen molar-refractivity contribution in [2.75, 3.05) is 12.4 Å². The van der Waals surface area contributed by atoms with E-state index < -0.39 is 0 Å². The average molecular weight is 398 g/mol. The van der Waals surface area contributed by atoms with E-state index in [-0.39, 0.29) is 11.9 Å². The summed E-state index contributed by atoms with van der Waals surface area (Å²) in [7, 11) is 0. The number of alkyl halides is 1. The number of rotatable bonds is 5. The van der Waals surface area contributed by atoms with Crippen LogP contribution in [0.3, 0.4) is 0 Å². The van der Waals surface area contributed by atoms with Gasteiger partial charge < -0.3 is 4.90 Å². The van der Waals surface area contributed by atoms with Gasteiger partial charge in [-0.15, -0.1) is 11.6 Å². The third-order valence-corrected chi connectivity index (χ3v) is 3.99. The summed E-state index contributed by atoms with van der Waals surface area (Å²) in [6.45, 7) is 4.71. The normalized spacial score (nSPS) is 10.8. The molecule has 1 amide bonds. The quantitative estimate of drug-likeness (QED) is 0.660. The van der Waals surface area contributed by atoms with E-state index in [1.54, 1.807) is 0 Å². The molecule has 1 aromatic carbocycles. The van der Waals surface area contributed by atoms with Gasteiger partial charge >= 0.3 is 0 Å². The predicted octanol–water partition coefficient (Wildman–Crippen LogP) is 4.69. The fraction of sp³-hybridized carbons (Fsp3) is 0.462. The summed E-state index contributed by atoms with van der Waals surface area (Å²) in [4.78, 5) is 14.3. The zero-order chi connectivity index (χ0) is 13.7. The van der Waals surface area contributed by atoms with Crippen molar-refractivity contribution in [3.63, 3.8) is 0 Å². The minimum atomic E-state index is 0.0366. The van der Waals surface area contributed by atoms with Gasteiger partial charge in [0.1, 0.15) is 0 Å². The lowest BCUT2D eigenvalue weighted by Gasteiger charge is -2.27. The summed E-state index contributed by atoms with van der Waals surface area (Å²) in [5.74, 6) is 0.604. The second-order valence-corrected chi connectivity index (χ2v) is 6.41. The van der Waals surface area contributed by atoms with Crippen molar-refractivity contribution in [2.24, 2.45) is 0 Å². The molecule has 0 aliphatic carbocycles. The van der Waals surface area contributed by atoms with Crippen molar-refractivity contribution in [3.05, 3.63) is 32.7 Å². The van der Waals surface area contributed by atoms with Crippen LogP contribution >= 0.6 is 43.5 Å². The maximum absolute atomic E-state index is 12.5. The van der Waals surface area contributed by atoms with Crippen LogP contribution in [0, 0.1) is 0 Å². The van der Waals surface area contributed by atoms with Crippen molar-refractivity contribution in [1.82, 2.24) is 4.90 Å². The molecule has 0 aliphatic heterocycles. The van der Waals surface area contributed by atoms with Gasteiger partial charge in [-0.1, -0.05) is 15.9 Å². The van der Waals surface area contributed by atoms with Crippen LogP contribution in [-0.2, 0) is 0 Å². The lowest BCUT2D eigenvalue weighted by atomic mass is 10.1. The molecule has 0 atom stereocenters. The monoisotopic (exact) mass is 395 g/mol. The van der Waals surface area contributed by atoms with Gasteiger partial charge in [0.25, 0.3) is 5.91 Å². The van der Waals surface area contributed by atoms with E-state index in [1.807, 2.05) is 36.9 Å². The zero-order valence-corrected chi connectivity index (χ0v) is 14.3. The molecule has 0 spiro atoms. The van der Waals surface area contributed by atoms with E-state index in [1.165, 1.54) is 0 Å². The van der Waals surface area contributed by atoms with Crippen molar-refractivity contribution in [1.29, 1.82) is 0 Å². The summed E-state index contributed by atoms with van der Waals surface area (Å²) in [6.07, 6.45) is 0.805. The van der Waals surface area contributed by atoms with Gasteiger partial charge in [0.05, 0.1) is 5.56 Å². The highest BCUT2D eigenvalue weighted by Gasteiger charge is 2.20. The van der Waals surface area contributed by atoms with Gasteiger partial charge in [-0.3, -0.25) is 4.79 Å². The summed E-state index contributed by atoms with van der Waals surface area (Å²) >= 11 is 12.5. The number of benzene rings is 1. The highest BCUT2D eigenvalue weighted by atomic mass is 79.9. The maximum Gasteiger partial charge on any atom is 0.255 e. The highest BCUT2D eigenvalue weighted by molar-refractivity contribution is 9.11. The van der Waals surface area contributed by atoms with E-state index in [9.17, 15) is 4.79 Å². The van der Waals surface area contributed by atoms with Crippen molar-refractivity contribution < 1.29 is 4.79 Å². The molecule has 1 rings (SSSR count). The van der Waals surface area contributed by atoms with Crippen molar-refractivity contribution >= 4 is 49.4 Å². The van der Waals surface area contributed by atoms with Crippen LogP contribution < -0.4 is 0 Å². The van der Waals surface area contributed by atoms with Crippen LogP contribution in [0.4, 0.5) is 0 Å². The SMILES string of the molecule is CC(C)N(CCCCl)C(=O)c1ccc(Br)cc1Br. The molecule has 0 N–H and O–H groups in total. The molecular formula is C13H16Br2ClNO. The van der Waals surface area contributed by atoms with E-state index >= 15 is 0 Å². The molecule has 5 heteroatoms. The summed E-state index contributed by atoms with van der Waals surface area (Å²) < 4.78 is 1.75. The minimum Gasteiger partial charge on any atom is -0.336 e. The zero-order valence-electron chi connectivity index (χ0n) is 10.4. The third-order valence-electron chi connectivity index (χ3n) is 2.58. The Hall–Kier alpha value is -0.0600. The Labute approximate surface area is 130 Å². The second kappa shape index (κ2) is 7.51. The van der Waals surface area contributed by atoms with Gasteiger partial charge in [-0.2, -0.15) is 0 Å². The highest BCUT2D eigenvalue weighted by Crippen LogP contribution is 2.24. The van der Waals surface area contributed by atoms with E-state index in [0.717, 1.165) is 15.4 Å². The van der Waals surface area contributed by atoms with Crippen LogP contribution in [-0.4, -0.2) is 29.3 Å². The number of carbonyl (C=O) groups excluding carboxylic acids is 1. The fourth-order valence-corrected chi connectivity index (χ4v) is 2.98. The molecule has 18 heavy (non-hydrogen) atoms. The van der Waals surface area contributed by atoms with Gasteiger partial charge in [0.15, 0.2) is 0 Å². The minimum absolute atomic E-state index is 0.0366. The molecule has 0 radical (unpaired) electrons. The number of halogens is 3. The smallest absolute Gasteiger partial charge is 0.255 e. The molecule has 1 aromatic rings. The first-order chi connectivity index (χ1) is 8.47. The predicted molar refractivity (Wildman–Crippen MR) is 83.4 cm³/mol. The third kappa shape index (κ3) is 4.25. The molecule has 0 fully saturated rings. The summed E-state index contributed by atoms with van der Waals surface area (Å²) in [5, 5.41) is 0. The Morgan fingerprint density at radius 2 is 2.06 bits per heavy atom. The molecule has 0 aliphatic rings. The number of carbonyl (C=O) groups is 1. The number of hydrogen-bond acceptors (Lipinski definition) is 1. The Balaban J connectivity index is 2.94. The standard InChI is InChI=1S/C13H16Br2ClNO/c1-9(2)17(7-3-6-16)13(18)11-5-4-10(14)8-12(11)15/h4-5,8-9H,3,6-7H2,1-2H3. The first-order valence-corrected chi connectivity index (χ1v) is 7.91.